The summed E-state index contributed by atoms with van der Waals surface area (Å²) in [6.07, 6.45) is 2.02. The maximum atomic E-state index is 12.9. The second kappa shape index (κ2) is 11.8. The van der Waals surface area contributed by atoms with Crippen LogP contribution in [-0.2, 0) is 9.53 Å². The first kappa shape index (κ1) is 25.9. The molecule has 0 bridgehead atoms. The Kier molecular flexibility index (Phi) is 7.83. The van der Waals surface area contributed by atoms with Crippen LogP contribution in [0.15, 0.2) is 103 Å². The molecule has 0 aliphatic carbocycles. The SMILES string of the molecule is COC(=O)[C@H](CCCCNC(=O)c1ccc(C(=O)c2ccccc2)cc1)n1c2ccccc2c2ccccc21. The van der Waals surface area contributed by atoms with Gasteiger partial charge in [0.1, 0.15) is 6.04 Å². The molecule has 0 spiro atoms. The Hall–Kier alpha value is -4.71. The minimum atomic E-state index is -0.467. The van der Waals surface area contributed by atoms with Gasteiger partial charge in [0.25, 0.3) is 5.91 Å². The summed E-state index contributed by atoms with van der Waals surface area (Å²) in [6.45, 7) is 0.477. The van der Waals surface area contributed by atoms with E-state index in [2.05, 4.69) is 22.0 Å². The molecule has 0 unspecified atom stereocenters. The molecule has 5 rings (SSSR count). The smallest absolute Gasteiger partial charge is 0.328 e. The van der Waals surface area contributed by atoms with E-state index in [1.165, 1.54) is 7.11 Å². The van der Waals surface area contributed by atoms with Crippen molar-refractivity contribution in [3.63, 3.8) is 0 Å². The molecule has 4 aromatic carbocycles. The lowest BCUT2D eigenvalue weighted by Crippen LogP contribution is -2.25. The highest BCUT2D eigenvalue weighted by Crippen LogP contribution is 2.33. The summed E-state index contributed by atoms with van der Waals surface area (Å²) in [5, 5.41) is 5.15. The molecule has 0 radical (unpaired) electrons. The largest absolute Gasteiger partial charge is 0.467 e. The van der Waals surface area contributed by atoms with Gasteiger partial charge in [-0.1, -0.05) is 78.9 Å². The van der Waals surface area contributed by atoms with Crippen molar-refractivity contribution in [2.45, 2.75) is 25.3 Å². The number of aromatic nitrogens is 1. The summed E-state index contributed by atoms with van der Waals surface area (Å²) < 4.78 is 7.26. The lowest BCUT2D eigenvalue weighted by atomic mass is 10.0. The first-order valence-electron chi connectivity index (χ1n) is 13.1. The van der Waals surface area contributed by atoms with Crippen LogP contribution < -0.4 is 5.32 Å². The number of ether oxygens (including phenoxy) is 1. The Labute approximate surface area is 227 Å². The first-order chi connectivity index (χ1) is 19.1. The van der Waals surface area contributed by atoms with Gasteiger partial charge in [0.2, 0.25) is 0 Å². The number of benzene rings is 4. The van der Waals surface area contributed by atoms with E-state index in [0.717, 1.165) is 28.2 Å². The molecular weight excluding hydrogens is 488 g/mol. The molecule has 5 aromatic rings. The third-order valence-electron chi connectivity index (χ3n) is 7.04. The van der Waals surface area contributed by atoms with Crippen molar-refractivity contribution in [2.24, 2.45) is 0 Å². The van der Waals surface area contributed by atoms with Gasteiger partial charge in [-0.05, 0) is 43.5 Å². The number of esters is 1. The summed E-state index contributed by atoms with van der Waals surface area (Å²) in [6, 6.07) is 31.5. The van der Waals surface area contributed by atoms with E-state index in [9.17, 15) is 14.4 Å². The van der Waals surface area contributed by atoms with E-state index in [4.69, 9.17) is 4.74 Å². The van der Waals surface area contributed by atoms with Gasteiger partial charge >= 0.3 is 5.97 Å². The summed E-state index contributed by atoms with van der Waals surface area (Å²) in [5.41, 5.74) is 3.64. The molecule has 0 fully saturated rings. The Balaban J connectivity index is 1.20. The Morgan fingerprint density at radius 1 is 0.692 bits per heavy atom. The molecule has 6 nitrogen and oxygen atoms in total. The second-order valence-corrected chi connectivity index (χ2v) is 9.47. The molecule has 1 aromatic heterocycles. The van der Waals surface area contributed by atoms with Crippen molar-refractivity contribution in [2.75, 3.05) is 13.7 Å². The number of hydrogen-bond acceptors (Lipinski definition) is 4. The standard InChI is InChI=1S/C33H30N2O4/c1-39-33(38)30(35-28-15-7-5-13-26(28)27-14-6-8-16-29(27)35)17-9-10-22-34-32(37)25-20-18-24(19-21-25)31(36)23-11-3-2-4-12-23/h2-8,11-16,18-21,30H,9-10,17,22H2,1H3,(H,34,37)/t30-/m0/s1. The van der Waals surface area contributed by atoms with Crippen LogP contribution in [0.2, 0.25) is 0 Å². The van der Waals surface area contributed by atoms with Crippen molar-refractivity contribution < 1.29 is 19.1 Å². The van der Waals surface area contributed by atoms with Crippen LogP contribution in [0.5, 0.6) is 0 Å². The van der Waals surface area contributed by atoms with Crippen molar-refractivity contribution in [3.8, 4) is 0 Å². The maximum Gasteiger partial charge on any atom is 0.328 e. The molecule has 1 atom stereocenters. The number of methoxy groups -OCH3 is 1. The van der Waals surface area contributed by atoms with Crippen LogP contribution in [0.4, 0.5) is 0 Å². The van der Waals surface area contributed by atoms with Gasteiger partial charge in [-0.15, -0.1) is 0 Å². The topological polar surface area (TPSA) is 77.4 Å². The third-order valence-corrected chi connectivity index (χ3v) is 7.04. The van der Waals surface area contributed by atoms with Gasteiger partial charge in [0.15, 0.2) is 5.78 Å². The summed E-state index contributed by atoms with van der Waals surface area (Å²) >= 11 is 0. The molecule has 1 heterocycles. The predicted octanol–water partition coefficient (Wildman–Crippen LogP) is 6.34. The molecule has 0 aliphatic rings. The van der Waals surface area contributed by atoms with E-state index in [-0.39, 0.29) is 17.7 Å². The monoisotopic (exact) mass is 518 g/mol. The molecule has 1 N–H and O–H groups in total. The van der Waals surface area contributed by atoms with Crippen LogP contribution >= 0.6 is 0 Å². The van der Waals surface area contributed by atoms with Gasteiger partial charge in [-0.25, -0.2) is 4.79 Å². The van der Waals surface area contributed by atoms with E-state index < -0.39 is 6.04 Å². The lowest BCUT2D eigenvalue weighted by Gasteiger charge is -2.19. The number of rotatable bonds is 10. The van der Waals surface area contributed by atoms with Crippen LogP contribution in [0.25, 0.3) is 21.8 Å². The fraction of sp³-hybridized carbons (Fsp3) is 0.182. The fourth-order valence-electron chi connectivity index (χ4n) is 5.07. The maximum absolute atomic E-state index is 12.9. The zero-order valence-electron chi connectivity index (χ0n) is 21.8. The van der Waals surface area contributed by atoms with Crippen molar-refractivity contribution in [1.82, 2.24) is 9.88 Å². The van der Waals surface area contributed by atoms with Gasteiger partial charge in [0, 0.05) is 45.0 Å². The Morgan fingerprint density at radius 3 is 1.85 bits per heavy atom. The number of ketones is 1. The number of carbonyl (C=O) groups excluding carboxylic acids is 3. The highest BCUT2D eigenvalue weighted by molar-refractivity contribution is 6.10. The van der Waals surface area contributed by atoms with E-state index in [1.54, 1.807) is 36.4 Å². The minimum absolute atomic E-state index is 0.0778. The van der Waals surface area contributed by atoms with Crippen molar-refractivity contribution >= 4 is 39.5 Å². The molecule has 39 heavy (non-hydrogen) atoms. The number of unbranched alkanes of at least 4 members (excludes halogenated alkanes) is 1. The van der Waals surface area contributed by atoms with Crippen molar-refractivity contribution in [1.29, 1.82) is 0 Å². The van der Waals surface area contributed by atoms with Crippen LogP contribution in [0.1, 0.15) is 51.6 Å². The summed E-state index contributed by atoms with van der Waals surface area (Å²) in [7, 11) is 1.42. The highest BCUT2D eigenvalue weighted by atomic mass is 16.5. The average molecular weight is 519 g/mol. The fourth-order valence-corrected chi connectivity index (χ4v) is 5.07. The molecular formula is C33H30N2O4. The first-order valence-corrected chi connectivity index (χ1v) is 13.1. The van der Waals surface area contributed by atoms with Crippen LogP contribution in [-0.4, -0.2) is 35.9 Å². The van der Waals surface area contributed by atoms with Crippen LogP contribution in [0, 0.1) is 0 Å². The third kappa shape index (κ3) is 5.46. The summed E-state index contributed by atoms with van der Waals surface area (Å²) in [4.78, 5) is 38.1. The minimum Gasteiger partial charge on any atom is -0.467 e. The molecule has 0 aliphatic heterocycles. The molecule has 196 valence electrons. The number of amides is 1. The average Bonchev–Trinajstić information content (AvgIpc) is 3.33. The zero-order valence-corrected chi connectivity index (χ0v) is 21.8. The number of para-hydroxylation sites is 2. The normalized spacial score (nSPS) is 11.8. The number of nitrogens with one attached hydrogen (secondary N) is 1. The molecule has 0 saturated heterocycles. The van der Waals surface area contributed by atoms with Gasteiger partial charge in [-0.2, -0.15) is 0 Å². The molecule has 6 heteroatoms. The van der Waals surface area contributed by atoms with E-state index >= 15 is 0 Å². The van der Waals surface area contributed by atoms with Gasteiger partial charge in [-0.3, -0.25) is 9.59 Å². The Bertz CT molecular complexity index is 1570. The van der Waals surface area contributed by atoms with Gasteiger partial charge < -0.3 is 14.6 Å². The van der Waals surface area contributed by atoms with E-state index in [1.807, 2.05) is 54.6 Å². The Morgan fingerprint density at radius 2 is 1.23 bits per heavy atom. The quantitative estimate of drug-likeness (QED) is 0.133. The second-order valence-electron chi connectivity index (χ2n) is 9.47. The highest BCUT2D eigenvalue weighted by Gasteiger charge is 2.25. The number of carbonyl (C=O) groups is 3. The van der Waals surface area contributed by atoms with Crippen molar-refractivity contribution in [3.05, 3.63) is 120 Å². The van der Waals surface area contributed by atoms with Gasteiger partial charge in [0.05, 0.1) is 7.11 Å². The number of hydrogen-bond donors (Lipinski definition) is 1. The number of nitrogens with zero attached hydrogens (tertiary/aromatic N) is 1. The molecule has 0 saturated carbocycles. The predicted molar refractivity (Wildman–Crippen MR) is 153 cm³/mol. The zero-order chi connectivity index (χ0) is 27.2. The molecule has 1 amide bonds. The summed E-state index contributed by atoms with van der Waals surface area (Å²) in [5.74, 6) is -0.553. The van der Waals surface area contributed by atoms with Crippen LogP contribution in [0.3, 0.4) is 0 Å². The van der Waals surface area contributed by atoms with E-state index in [0.29, 0.717) is 36.1 Å². The lowest BCUT2D eigenvalue weighted by molar-refractivity contribution is -0.144. The number of fused-ring (bicyclic) bond motifs is 3.